The number of aromatic nitrogens is 2. The molecule has 1 aliphatic rings. The average Bonchev–Trinajstić information content (AvgIpc) is 2.86. The van der Waals surface area contributed by atoms with E-state index < -0.39 is 23.9 Å². The van der Waals surface area contributed by atoms with Crippen molar-refractivity contribution in [3.8, 4) is 0 Å². The lowest BCUT2D eigenvalue weighted by atomic mass is 10.2. The molecule has 8 heteroatoms. The van der Waals surface area contributed by atoms with Crippen LogP contribution in [0, 0.1) is 0 Å². The summed E-state index contributed by atoms with van der Waals surface area (Å²) in [6.45, 7) is 2.57. The Morgan fingerprint density at radius 2 is 2.05 bits per heavy atom. The lowest BCUT2D eigenvalue weighted by Gasteiger charge is -2.13. The van der Waals surface area contributed by atoms with Crippen LogP contribution in [0.5, 0.6) is 0 Å². The molecule has 0 saturated heterocycles. The van der Waals surface area contributed by atoms with Crippen LogP contribution in [0.2, 0.25) is 0 Å². The number of nitrogens with zero attached hydrogens (tertiary/aromatic N) is 3. The maximum absolute atomic E-state index is 12.8. The molecule has 1 aliphatic heterocycles. The van der Waals surface area contributed by atoms with Crippen LogP contribution in [0.4, 0.5) is 19.0 Å². The predicted molar refractivity (Wildman–Crippen MR) is 76.7 cm³/mol. The molecule has 2 heterocycles. The van der Waals surface area contributed by atoms with E-state index >= 15 is 0 Å². The van der Waals surface area contributed by atoms with Crippen LogP contribution in [-0.4, -0.2) is 27.7 Å². The summed E-state index contributed by atoms with van der Waals surface area (Å²) in [5.41, 5.74) is -1.47. The van der Waals surface area contributed by atoms with Crippen LogP contribution in [0.25, 0.3) is 0 Å². The third-order valence-electron chi connectivity index (χ3n) is 3.29. The zero-order valence-corrected chi connectivity index (χ0v) is 12.6. The second-order valence-corrected chi connectivity index (χ2v) is 5.57. The second kappa shape index (κ2) is 6.21. The molecular formula is C13H16F3N3OS. The Morgan fingerprint density at radius 3 is 2.62 bits per heavy atom. The number of halogens is 3. The molecule has 21 heavy (non-hydrogen) atoms. The maximum Gasteiger partial charge on any atom is 0.429 e. The highest BCUT2D eigenvalue weighted by atomic mass is 32.2. The fourth-order valence-corrected chi connectivity index (χ4v) is 2.79. The summed E-state index contributed by atoms with van der Waals surface area (Å²) in [4.78, 5) is 19.4. The van der Waals surface area contributed by atoms with Gasteiger partial charge in [-0.15, -0.1) is 0 Å². The molecule has 0 radical (unpaired) electrons. The number of rotatable bonds is 5. The number of alkyl halides is 3. The highest BCUT2D eigenvalue weighted by Gasteiger charge is 2.40. The van der Waals surface area contributed by atoms with Crippen molar-refractivity contribution in [2.24, 2.45) is 4.99 Å². The van der Waals surface area contributed by atoms with Gasteiger partial charge in [0.2, 0.25) is 0 Å². The minimum atomic E-state index is -4.51. The Labute approximate surface area is 124 Å². The van der Waals surface area contributed by atoms with Gasteiger partial charge in [-0.2, -0.15) is 18.2 Å². The van der Waals surface area contributed by atoms with Crippen molar-refractivity contribution >= 4 is 23.3 Å². The Morgan fingerprint density at radius 1 is 1.33 bits per heavy atom. The summed E-state index contributed by atoms with van der Waals surface area (Å²) in [5.74, 6) is 0.128. The van der Waals surface area contributed by atoms with Gasteiger partial charge in [0.1, 0.15) is 11.5 Å². The minimum absolute atomic E-state index is 0.0524. The first-order valence-corrected chi connectivity index (χ1v) is 7.93. The van der Waals surface area contributed by atoms with Crippen LogP contribution in [0.15, 0.2) is 14.9 Å². The van der Waals surface area contributed by atoms with Gasteiger partial charge in [-0.3, -0.25) is 4.79 Å². The van der Waals surface area contributed by atoms with E-state index in [0.717, 1.165) is 19.3 Å². The first-order chi connectivity index (χ1) is 9.88. The summed E-state index contributed by atoms with van der Waals surface area (Å²) >= 11 is 1.24. The van der Waals surface area contributed by atoms with Crippen LogP contribution in [0.3, 0.4) is 0 Å². The van der Waals surface area contributed by atoms with Crippen LogP contribution < -0.4 is 5.56 Å². The number of hydrogen-bond donors (Lipinski definition) is 0. The Hall–Kier alpha value is -1.31. The molecule has 4 nitrogen and oxygen atoms in total. The van der Waals surface area contributed by atoms with Crippen molar-refractivity contribution in [1.29, 1.82) is 0 Å². The zero-order chi connectivity index (χ0) is 15.6. The molecule has 0 spiro atoms. The van der Waals surface area contributed by atoms with E-state index in [1.54, 1.807) is 10.8 Å². The predicted octanol–water partition coefficient (Wildman–Crippen LogP) is 3.35. The summed E-state index contributed by atoms with van der Waals surface area (Å²) < 4.78 is 40.1. The van der Waals surface area contributed by atoms with Gasteiger partial charge >= 0.3 is 6.18 Å². The van der Waals surface area contributed by atoms with Crippen molar-refractivity contribution in [1.82, 2.24) is 9.55 Å². The van der Waals surface area contributed by atoms with Gasteiger partial charge in [0.25, 0.3) is 5.56 Å². The van der Waals surface area contributed by atoms with Gasteiger partial charge < -0.3 is 4.57 Å². The second-order valence-electron chi connectivity index (χ2n) is 4.80. The number of hydrogen-bond acceptors (Lipinski definition) is 4. The molecule has 0 bridgehead atoms. The van der Waals surface area contributed by atoms with Crippen LogP contribution in [-0.2, 0) is 13.0 Å². The van der Waals surface area contributed by atoms with Gasteiger partial charge in [0, 0.05) is 13.0 Å². The lowest BCUT2D eigenvalue weighted by molar-refractivity contribution is -0.0597. The van der Waals surface area contributed by atoms with Gasteiger partial charge in [-0.05, 0) is 12.7 Å². The largest absolute Gasteiger partial charge is 0.429 e. The highest BCUT2D eigenvalue weighted by molar-refractivity contribution is 7.98. The standard InChI is InChI=1S/C13H16F3N3OS/c1-3-4-5-6-19-10-8(11(20)18-12(19)21-2)7-9(17-10)13(14,15)16/h3-7H2,1-2H3. The molecule has 0 aromatic carbocycles. The smallest absolute Gasteiger partial charge is 0.305 e. The van der Waals surface area contributed by atoms with Crippen molar-refractivity contribution in [2.75, 3.05) is 6.26 Å². The van der Waals surface area contributed by atoms with Crippen molar-refractivity contribution in [2.45, 2.75) is 50.5 Å². The molecule has 0 atom stereocenters. The fraction of sp³-hybridized carbons (Fsp3) is 0.615. The van der Waals surface area contributed by atoms with E-state index in [1.165, 1.54) is 11.8 Å². The van der Waals surface area contributed by atoms with Gasteiger partial charge in [0.15, 0.2) is 5.16 Å². The van der Waals surface area contributed by atoms with Gasteiger partial charge in [-0.1, -0.05) is 31.5 Å². The van der Waals surface area contributed by atoms with Crippen LogP contribution >= 0.6 is 11.8 Å². The molecule has 0 aliphatic carbocycles. The SMILES string of the molecule is CCCCCn1c(SC)nc(=O)c2c1N=C(C(F)(F)F)C2. The zero-order valence-electron chi connectivity index (χ0n) is 11.8. The topological polar surface area (TPSA) is 47.2 Å². The van der Waals surface area contributed by atoms with E-state index in [1.807, 2.05) is 6.92 Å². The van der Waals surface area contributed by atoms with E-state index in [4.69, 9.17) is 0 Å². The first-order valence-electron chi connectivity index (χ1n) is 6.71. The highest BCUT2D eigenvalue weighted by Crippen LogP contribution is 2.33. The fourth-order valence-electron chi connectivity index (χ4n) is 2.22. The number of thioether (sulfide) groups is 1. The Kier molecular flexibility index (Phi) is 4.75. The lowest BCUT2D eigenvalue weighted by Crippen LogP contribution is -2.25. The molecule has 0 saturated carbocycles. The molecule has 0 amide bonds. The van der Waals surface area contributed by atoms with E-state index in [-0.39, 0.29) is 11.4 Å². The monoisotopic (exact) mass is 319 g/mol. The number of fused-ring (bicyclic) bond motifs is 1. The summed E-state index contributed by atoms with van der Waals surface area (Å²) in [6, 6.07) is 0. The molecule has 1 aromatic rings. The summed E-state index contributed by atoms with van der Waals surface area (Å²) in [7, 11) is 0. The summed E-state index contributed by atoms with van der Waals surface area (Å²) in [5, 5.41) is 0.419. The van der Waals surface area contributed by atoms with Crippen molar-refractivity contribution in [3.05, 3.63) is 15.9 Å². The third-order valence-corrected chi connectivity index (χ3v) is 3.97. The quantitative estimate of drug-likeness (QED) is 0.475. The molecular weight excluding hydrogens is 303 g/mol. The average molecular weight is 319 g/mol. The molecule has 0 unspecified atom stereocenters. The normalized spacial score (nSPS) is 14.2. The van der Waals surface area contributed by atoms with Gasteiger partial charge in [0.05, 0.1) is 5.56 Å². The maximum atomic E-state index is 12.8. The molecule has 2 rings (SSSR count). The molecule has 0 fully saturated rings. The minimum Gasteiger partial charge on any atom is -0.305 e. The van der Waals surface area contributed by atoms with E-state index in [2.05, 4.69) is 9.98 Å². The van der Waals surface area contributed by atoms with Crippen molar-refractivity contribution in [3.63, 3.8) is 0 Å². The number of unbranched alkanes of at least 4 members (excludes halogenated alkanes) is 2. The Balaban J connectivity index is 2.47. The van der Waals surface area contributed by atoms with Crippen LogP contribution in [0.1, 0.15) is 31.7 Å². The van der Waals surface area contributed by atoms with Gasteiger partial charge in [-0.25, -0.2) is 4.99 Å². The molecule has 116 valence electrons. The molecule has 1 aromatic heterocycles. The van der Waals surface area contributed by atoms with Crippen molar-refractivity contribution < 1.29 is 13.2 Å². The van der Waals surface area contributed by atoms with E-state index in [9.17, 15) is 18.0 Å². The van der Waals surface area contributed by atoms with E-state index in [0.29, 0.717) is 11.7 Å². The third kappa shape index (κ3) is 3.30. The molecule has 0 N–H and O–H groups in total. The number of aliphatic imine (C=N–C) groups is 1. The summed E-state index contributed by atoms with van der Waals surface area (Å²) in [6.07, 6.45) is -0.461. The first kappa shape index (κ1) is 16.1. The Bertz CT molecular complexity index is 622.